The molecule has 0 aliphatic heterocycles. The number of rotatable bonds is 4. The second-order valence-corrected chi connectivity index (χ2v) is 4.35. The molecule has 118 valence electrons. The van der Waals surface area contributed by atoms with Gasteiger partial charge < -0.3 is 21.9 Å². The zero-order chi connectivity index (χ0) is 16.8. The second kappa shape index (κ2) is 6.89. The van der Waals surface area contributed by atoms with Gasteiger partial charge in [-0.05, 0) is 36.4 Å². The van der Waals surface area contributed by atoms with Crippen LogP contribution >= 0.6 is 0 Å². The average molecular weight is 314 g/mol. The number of benzene rings is 2. The van der Waals surface area contributed by atoms with Crippen molar-refractivity contribution in [2.45, 2.75) is 0 Å². The smallest absolute Gasteiger partial charge is 0.269 e. The molecular weight excluding hydrogens is 300 g/mol. The summed E-state index contributed by atoms with van der Waals surface area (Å²) < 4.78 is 5.57. The van der Waals surface area contributed by atoms with Crippen molar-refractivity contribution in [3.63, 3.8) is 0 Å². The maximum absolute atomic E-state index is 10.6. The lowest BCUT2D eigenvalue weighted by Crippen LogP contribution is -2.26. The summed E-state index contributed by atoms with van der Waals surface area (Å²) in [6.07, 6.45) is 0. The fourth-order valence-electron chi connectivity index (χ4n) is 1.65. The van der Waals surface area contributed by atoms with Gasteiger partial charge in [-0.25, -0.2) is 4.99 Å². The van der Waals surface area contributed by atoms with E-state index in [0.29, 0.717) is 17.2 Å². The summed E-state index contributed by atoms with van der Waals surface area (Å²) in [6, 6.07) is 12.4. The number of hydrogen-bond donors (Lipinski definition) is 3. The number of guanidine groups is 2. The van der Waals surface area contributed by atoms with Crippen LogP contribution in [0.2, 0.25) is 0 Å². The molecule has 0 atom stereocenters. The Morgan fingerprint density at radius 1 is 0.957 bits per heavy atom. The van der Waals surface area contributed by atoms with Crippen LogP contribution in [0, 0.1) is 10.1 Å². The van der Waals surface area contributed by atoms with E-state index in [-0.39, 0.29) is 17.6 Å². The normalized spacial score (nSPS) is 10.9. The largest absolute Gasteiger partial charge is 0.457 e. The topological polar surface area (TPSA) is 155 Å². The van der Waals surface area contributed by atoms with Gasteiger partial charge in [0, 0.05) is 12.1 Å². The second-order valence-electron chi connectivity index (χ2n) is 4.35. The lowest BCUT2D eigenvalue weighted by atomic mass is 10.3. The molecule has 2 rings (SSSR count). The molecule has 9 heteroatoms. The first kappa shape index (κ1) is 15.8. The zero-order valence-corrected chi connectivity index (χ0v) is 11.9. The Balaban J connectivity index is 2.08. The molecule has 6 N–H and O–H groups in total. The molecule has 0 spiro atoms. The predicted molar refractivity (Wildman–Crippen MR) is 86.7 cm³/mol. The van der Waals surface area contributed by atoms with Crippen molar-refractivity contribution in [1.29, 1.82) is 0 Å². The van der Waals surface area contributed by atoms with Crippen molar-refractivity contribution in [3.05, 3.63) is 58.6 Å². The van der Waals surface area contributed by atoms with Crippen molar-refractivity contribution in [2.75, 3.05) is 0 Å². The van der Waals surface area contributed by atoms with Crippen molar-refractivity contribution in [1.82, 2.24) is 0 Å². The van der Waals surface area contributed by atoms with E-state index in [4.69, 9.17) is 21.9 Å². The maximum atomic E-state index is 10.6. The third-order valence-electron chi connectivity index (χ3n) is 2.61. The number of nitro groups is 1. The number of aliphatic imine (C=N–C) groups is 2. The van der Waals surface area contributed by atoms with Gasteiger partial charge in [-0.2, -0.15) is 4.99 Å². The molecule has 0 saturated carbocycles. The minimum Gasteiger partial charge on any atom is -0.457 e. The van der Waals surface area contributed by atoms with Crippen LogP contribution in [0.25, 0.3) is 0 Å². The van der Waals surface area contributed by atoms with Crippen LogP contribution in [0.15, 0.2) is 58.5 Å². The van der Waals surface area contributed by atoms with Crippen molar-refractivity contribution < 1.29 is 9.66 Å². The minimum absolute atomic E-state index is 0.00255. The zero-order valence-electron chi connectivity index (χ0n) is 11.9. The van der Waals surface area contributed by atoms with Gasteiger partial charge in [-0.1, -0.05) is 0 Å². The highest BCUT2D eigenvalue weighted by atomic mass is 16.6. The summed E-state index contributed by atoms with van der Waals surface area (Å²) in [4.78, 5) is 17.7. The van der Waals surface area contributed by atoms with Gasteiger partial charge in [0.05, 0.1) is 10.6 Å². The minimum atomic E-state index is -0.475. The van der Waals surface area contributed by atoms with E-state index in [1.165, 1.54) is 24.3 Å². The van der Waals surface area contributed by atoms with E-state index >= 15 is 0 Å². The summed E-state index contributed by atoms with van der Waals surface area (Å²) in [7, 11) is 0. The van der Waals surface area contributed by atoms with Gasteiger partial charge in [-0.15, -0.1) is 0 Å². The first-order chi connectivity index (χ1) is 10.9. The van der Waals surface area contributed by atoms with Crippen LogP contribution in [0.1, 0.15) is 0 Å². The predicted octanol–water partition coefficient (Wildman–Crippen LogP) is 1.61. The molecule has 23 heavy (non-hydrogen) atoms. The van der Waals surface area contributed by atoms with E-state index in [1.807, 2.05) is 0 Å². The first-order valence-electron chi connectivity index (χ1n) is 6.40. The first-order valence-corrected chi connectivity index (χ1v) is 6.40. The summed E-state index contributed by atoms with van der Waals surface area (Å²) >= 11 is 0. The quantitative estimate of drug-likeness (QED) is 0.337. The van der Waals surface area contributed by atoms with E-state index in [1.54, 1.807) is 24.3 Å². The van der Waals surface area contributed by atoms with Crippen molar-refractivity contribution >= 4 is 23.3 Å². The van der Waals surface area contributed by atoms with Gasteiger partial charge in [0.15, 0.2) is 5.96 Å². The van der Waals surface area contributed by atoms with Gasteiger partial charge >= 0.3 is 0 Å². The molecule has 0 unspecified atom stereocenters. The molecule has 0 aliphatic carbocycles. The monoisotopic (exact) mass is 314 g/mol. The standard InChI is InChI=1S/C14H14N6O3/c15-13(16)19-14(17)18-9-1-5-11(6-2-9)23-12-7-3-10(4-8-12)20(21)22/h1-8H,(H6,15,16,17,18,19). The molecule has 0 bridgehead atoms. The highest BCUT2D eigenvalue weighted by Crippen LogP contribution is 2.25. The SMILES string of the molecule is NC(N)=NC(N)=Nc1ccc(Oc2ccc([N+](=O)[O-])cc2)cc1. The van der Waals surface area contributed by atoms with Crippen LogP contribution in [0.4, 0.5) is 11.4 Å². The highest BCUT2D eigenvalue weighted by molar-refractivity contribution is 5.93. The highest BCUT2D eigenvalue weighted by Gasteiger charge is 2.05. The van der Waals surface area contributed by atoms with Crippen LogP contribution in [0.5, 0.6) is 11.5 Å². The number of ether oxygens (including phenoxy) is 1. The van der Waals surface area contributed by atoms with Crippen LogP contribution in [-0.2, 0) is 0 Å². The molecular formula is C14H14N6O3. The number of nitrogens with two attached hydrogens (primary N) is 3. The Kier molecular flexibility index (Phi) is 4.72. The molecule has 0 aliphatic rings. The van der Waals surface area contributed by atoms with Crippen LogP contribution in [-0.4, -0.2) is 16.8 Å². The summed E-state index contributed by atoms with van der Waals surface area (Å²) in [6.45, 7) is 0. The fraction of sp³-hybridized carbons (Fsp3) is 0. The molecule has 0 heterocycles. The van der Waals surface area contributed by atoms with Gasteiger partial charge in [0.1, 0.15) is 11.5 Å². The molecule has 0 aromatic heterocycles. The molecule has 0 saturated heterocycles. The Morgan fingerprint density at radius 3 is 1.96 bits per heavy atom. The molecule has 2 aromatic carbocycles. The molecule has 0 fully saturated rings. The van der Waals surface area contributed by atoms with E-state index in [2.05, 4.69) is 9.98 Å². The van der Waals surface area contributed by atoms with Crippen LogP contribution in [0.3, 0.4) is 0 Å². The number of non-ortho nitro benzene ring substituents is 1. The fourth-order valence-corrected chi connectivity index (χ4v) is 1.65. The van der Waals surface area contributed by atoms with Gasteiger partial charge in [0.25, 0.3) is 5.69 Å². The van der Waals surface area contributed by atoms with E-state index in [9.17, 15) is 10.1 Å². The molecule has 2 aromatic rings. The third-order valence-corrected chi connectivity index (χ3v) is 2.61. The van der Waals surface area contributed by atoms with Gasteiger partial charge in [-0.3, -0.25) is 10.1 Å². The summed E-state index contributed by atoms with van der Waals surface area (Å²) in [5.41, 5.74) is 16.4. The van der Waals surface area contributed by atoms with Crippen LogP contribution < -0.4 is 21.9 Å². The Bertz CT molecular complexity index is 749. The molecule has 0 amide bonds. The van der Waals surface area contributed by atoms with Crippen molar-refractivity contribution in [2.24, 2.45) is 27.2 Å². The third kappa shape index (κ3) is 4.70. The Morgan fingerprint density at radius 2 is 1.48 bits per heavy atom. The summed E-state index contributed by atoms with van der Waals surface area (Å²) in [5, 5.41) is 10.6. The summed E-state index contributed by atoms with van der Waals surface area (Å²) in [5.74, 6) is 0.781. The Hall–Kier alpha value is -3.62. The van der Waals surface area contributed by atoms with E-state index in [0.717, 1.165) is 0 Å². The maximum Gasteiger partial charge on any atom is 0.269 e. The lowest BCUT2D eigenvalue weighted by molar-refractivity contribution is -0.384. The van der Waals surface area contributed by atoms with Crippen molar-refractivity contribution in [3.8, 4) is 11.5 Å². The Labute approximate surface area is 131 Å². The van der Waals surface area contributed by atoms with Gasteiger partial charge in [0.2, 0.25) is 5.96 Å². The molecule has 9 nitrogen and oxygen atoms in total. The average Bonchev–Trinajstić information content (AvgIpc) is 2.49. The number of nitro benzene ring substituents is 1. The lowest BCUT2D eigenvalue weighted by Gasteiger charge is -2.05. The number of nitrogens with zero attached hydrogens (tertiary/aromatic N) is 3. The number of hydrogen-bond acceptors (Lipinski definition) is 4. The molecule has 0 radical (unpaired) electrons. The van der Waals surface area contributed by atoms with E-state index < -0.39 is 4.92 Å².